The Kier molecular flexibility index (Phi) is 5.19. The van der Waals surface area contributed by atoms with Gasteiger partial charge in [0.25, 0.3) is 0 Å². The number of benzene rings is 2. The highest BCUT2D eigenvalue weighted by molar-refractivity contribution is 6.32. The SMILES string of the molecule is COc1ccc(NC(=O)C2(C(=O)Nc3cccc(C(C)=O)c3)CC2)cc1Cl. The lowest BCUT2D eigenvalue weighted by Gasteiger charge is -2.16. The van der Waals surface area contributed by atoms with E-state index in [1.165, 1.54) is 14.0 Å². The second kappa shape index (κ2) is 7.40. The number of carbonyl (C=O) groups excluding carboxylic acids is 3. The van der Waals surface area contributed by atoms with E-state index in [4.69, 9.17) is 16.3 Å². The number of carbonyl (C=O) groups is 3. The molecular weight excluding hydrogens is 368 g/mol. The molecule has 7 heteroatoms. The normalized spacial score (nSPS) is 14.2. The number of ether oxygens (including phenoxy) is 1. The summed E-state index contributed by atoms with van der Waals surface area (Å²) in [6.45, 7) is 1.46. The van der Waals surface area contributed by atoms with Crippen LogP contribution in [-0.2, 0) is 9.59 Å². The van der Waals surface area contributed by atoms with Gasteiger partial charge in [-0.25, -0.2) is 0 Å². The summed E-state index contributed by atoms with van der Waals surface area (Å²) < 4.78 is 5.08. The van der Waals surface area contributed by atoms with E-state index in [1.807, 2.05) is 0 Å². The monoisotopic (exact) mass is 386 g/mol. The Morgan fingerprint density at radius 2 is 1.63 bits per heavy atom. The van der Waals surface area contributed by atoms with E-state index in [9.17, 15) is 14.4 Å². The lowest BCUT2D eigenvalue weighted by molar-refractivity contribution is -0.131. The van der Waals surface area contributed by atoms with Crippen LogP contribution in [0.1, 0.15) is 30.1 Å². The van der Waals surface area contributed by atoms with Gasteiger partial charge in [-0.3, -0.25) is 14.4 Å². The van der Waals surface area contributed by atoms with Gasteiger partial charge in [0.2, 0.25) is 11.8 Å². The summed E-state index contributed by atoms with van der Waals surface area (Å²) in [5.41, 5.74) is 0.358. The molecule has 0 heterocycles. The molecule has 1 saturated carbocycles. The Morgan fingerprint density at radius 3 is 2.15 bits per heavy atom. The maximum Gasteiger partial charge on any atom is 0.240 e. The molecule has 27 heavy (non-hydrogen) atoms. The summed E-state index contributed by atoms with van der Waals surface area (Å²) in [7, 11) is 1.50. The second-order valence-electron chi connectivity index (χ2n) is 6.48. The van der Waals surface area contributed by atoms with Crippen molar-refractivity contribution < 1.29 is 19.1 Å². The fourth-order valence-electron chi connectivity index (χ4n) is 2.74. The smallest absolute Gasteiger partial charge is 0.240 e. The molecule has 6 nitrogen and oxygen atoms in total. The number of anilines is 2. The van der Waals surface area contributed by atoms with Crippen LogP contribution in [0.2, 0.25) is 5.02 Å². The van der Waals surface area contributed by atoms with Crippen LogP contribution in [-0.4, -0.2) is 24.7 Å². The van der Waals surface area contributed by atoms with Gasteiger partial charge in [0.15, 0.2) is 5.78 Å². The van der Waals surface area contributed by atoms with Gasteiger partial charge in [0.05, 0.1) is 12.1 Å². The minimum absolute atomic E-state index is 0.0960. The van der Waals surface area contributed by atoms with Crippen molar-refractivity contribution in [3.05, 3.63) is 53.1 Å². The number of Topliss-reactive ketones (excluding diaryl/α,β-unsaturated/α-hetero) is 1. The van der Waals surface area contributed by atoms with Crippen LogP contribution in [0.25, 0.3) is 0 Å². The Morgan fingerprint density at radius 1 is 1.00 bits per heavy atom. The average Bonchev–Trinajstić information content (AvgIpc) is 3.44. The topological polar surface area (TPSA) is 84.5 Å². The van der Waals surface area contributed by atoms with E-state index in [-0.39, 0.29) is 17.6 Å². The number of hydrogen-bond donors (Lipinski definition) is 2. The lowest BCUT2D eigenvalue weighted by atomic mass is 10.0. The molecule has 2 amide bonds. The number of amides is 2. The van der Waals surface area contributed by atoms with E-state index < -0.39 is 5.41 Å². The summed E-state index contributed by atoms with van der Waals surface area (Å²) in [5, 5.41) is 5.84. The van der Waals surface area contributed by atoms with Crippen molar-refractivity contribution >= 4 is 40.6 Å². The Balaban J connectivity index is 1.71. The second-order valence-corrected chi connectivity index (χ2v) is 6.88. The number of halogens is 1. The minimum atomic E-state index is -1.11. The maximum atomic E-state index is 12.7. The molecule has 0 bridgehead atoms. The van der Waals surface area contributed by atoms with Crippen molar-refractivity contribution in [2.75, 3.05) is 17.7 Å². The fourth-order valence-corrected chi connectivity index (χ4v) is 3.00. The number of ketones is 1. The fraction of sp³-hybridized carbons (Fsp3) is 0.250. The van der Waals surface area contributed by atoms with E-state index in [2.05, 4.69) is 10.6 Å². The first-order valence-corrected chi connectivity index (χ1v) is 8.81. The van der Waals surface area contributed by atoms with Crippen molar-refractivity contribution in [1.29, 1.82) is 0 Å². The maximum absolute atomic E-state index is 12.7. The Hall–Kier alpha value is -2.86. The van der Waals surface area contributed by atoms with Crippen molar-refractivity contribution in [2.45, 2.75) is 19.8 Å². The van der Waals surface area contributed by atoms with Crippen LogP contribution >= 0.6 is 11.6 Å². The van der Waals surface area contributed by atoms with Gasteiger partial charge in [0.1, 0.15) is 11.2 Å². The van der Waals surface area contributed by atoms with Crippen molar-refractivity contribution in [2.24, 2.45) is 5.41 Å². The van der Waals surface area contributed by atoms with Crippen molar-refractivity contribution in [3.8, 4) is 5.75 Å². The predicted molar refractivity (Wildman–Crippen MR) is 103 cm³/mol. The highest BCUT2D eigenvalue weighted by Gasteiger charge is 2.56. The van der Waals surface area contributed by atoms with Crippen LogP contribution in [0.4, 0.5) is 11.4 Å². The predicted octanol–water partition coefficient (Wildman–Crippen LogP) is 3.91. The summed E-state index contributed by atoms with van der Waals surface area (Å²) in [5.74, 6) is -0.371. The molecule has 0 atom stereocenters. The summed E-state index contributed by atoms with van der Waals surface area (Å²) in [6, 6.07) is 11.5. The van der Waals surface area contributed by atoms with Gasteiger partial charge >= 0.3 is 0 Å². The first-order valence-electron chi connectivity index (χ1n) is 8.43. The zero-order chi connectivity index (χ0) is 19.6. The van der Waals surface area contributed by atoms with E-state index in [0.29, 0.717) is 40.6 Å². The number of rotatable bonds is 6. The molecule has 3 rings (SSSR count). The van der Waals surface area contributed by atoms with Gasteiger partial charge in [0, 0.05) is 16.9 Å². The highest BCUT2D eigenvalue weighted by atomic mass is 35.5. The number of hydrogen-bond acceptors (Lipinski definition) is 4. The highest BCUT2D eigenvalue weighted by Crippen LogP contribution is 2.47. The van der Waals surface area contributed by atoms with Gasteiger partial charge < -0.3 is 15.4 Å². The molecule has 0 saturated heterocycles. The van der Waals surface area contributed by atoms with Gasteiger partial charge in [-0.15, -0.1) is 0 Å². The summed E-state index contributed by atoms with van der Waals surface area (Å²) in [4.78, 5) is 36.8. The molecule has 1 fully saturated rings. The molecule has 2 aromatic rings. The third-order valence-electron chi connectivity index (χ3n) is 4.56. The first kappa shape index (κ1) is 18.9. The molecule has 2 aromatic carbocycles. The minimum Gasteiger partial charge on any atom is -0.495 e. The van der Waals surface area contributed by atoms with Crippen molar-refractivity contribution in [3.63, 3.8) is 0 Å². The molecule has 0 radical (unpaired) electrons. The molecule has 0 aromatic heterocycles. The summed E-state index contributed by atoms with van der Waals surface area (Å²) in [6.07, 6.45) is 0.919. The molecule has 0 spiro atoms. The van der Waals surface area contributed by atoms with Crippen LogP contribution < -0.4 is 15.4 Å². The Labute approximate surface area is 161 Å². The van der Waals surface area contributed by atoms with Crippen molar-refractivity contribution in [1.82, 2.24) is 0 Å². The van der Waals surface area contributed by atoms with Crippen LogP contribution in [0, 0.1) is 5.41 Å². The molecule has 140 valence electrons. The molecule has 0 aliphatic heterocycles. The summed E-state index contributed by atoms with van der Waals surface area (Å²) >= 11 is 6.07. The quantitative estimate of drug-likeness (QED) is 0.582. The molecule has 1 aliphatic carbocycles. The molecular formula is C20H19ClN2O4. The van der Waals surface area contributed by atoms with Gasteiger partial charge in [-0.1, -0.05) is 23.7 Å². The van der Waals surface area contributed by atoms with E-state index >= 15 is 0 Å². The number of nitrogens with one attached hydrogen (secondary N) is 2. The third-order valence-corrected chi connectivity index (χ3v) is 4.85. The standard InChI is InChI=1S/C20H19ClN2O4/c1-12(24)13-4-3-5-14(10-13)22-18(25)20(8-9-20)19(26)23-15-6-7-17(27-2)16(21)11-15/h3-7,10-11H,8-9H2,1-2H3,(H,22,25)(H,23,26). The van der Waals surface area contributed by atoms with Crippen LogP contribution in [0.3, 0.4) is 0 Å². The largest absolute Gasteiger partial charge is 0.495 e. The van der Waals surface area contributed by atoms with E-state index in [0.717, 1.165) is 0 Å². The lowest BCUT2D eigenvalue weighted by Crippen LogP contribution is -2.35. The van der Waals surface area contributed by atoms with Gasteiger partial charge in [-0.2, -0.15) is 0 Å². The molecule has 2 N–H and O–H groups in total. The zero-order valence-electron chi connectivity index (χ0n) is 15.0. The zero-order valence-corrected chi connectivity index (χ0v) is 15.7. The molecule has 1 aliphatic rings. The Bertz CT molecular complexity index is 922. The van der Waals surface area contributed by atoms with Gasteiger partial charge in [-0.05, 0) is 50.1 Å². The van der Waals surface area contributed by atoms with Crippen LogP contribution in [0.15, 0.2) is 42.5 Å². The van der Waals surface area contributed by atoms with E-state index in [1.54, 1.807) is 42.5 Å². The number of methoxy groups -OCH3 is 1. The first-order chi connectivity index (χ1) is 12.9. The molecule has 0 unspecified atom stereocenters. The average molecular weight is 387 g/mol. The van der Waals surface area contributed by atoms with Crippen LogP contribution in [0.5, 0.6) is 5.75 Å². The third kappa shape index (κ3) is 3.95.